The van der Waals surface area contributed by atoms with Gasteiger partial charge in [-0.15, -0.1) is 0 Å². The van der Waals surface area contributed by atoms with Crippen molar-refractivity contribution in [2.24, 2.45) is 0 Å². The number of nitrogens with one attached hydrogen (secondary N) is 1. The lowest BCUT2D eigenvalue weighted by Gasteiger charge is -2.30. The third-order valence-corrected chi connectivity index (χ3v) is 2.96. The molecule has 1 N–H and O–H groups in total. The minimum Gasteiger partial charge on any atom is -0.305 e. The van der Waals surface area contributed by atoms with Gasteiger partial charge in [0.05, 0.1) is 0 Å². The van der Waals surface area contributed by atoms with Gasteiger partial charge in [0.25, 0.3) is 0 Å². The second-order valence-electron chi connectivity index (χ2n) is 4.95. The predicted octanol–water partition coefficient (Wildman–Crippen LogP) is 3.62. The summed E-state index contributed by atoms with van der Waals surface area (Å²) in [6, 6.07) is 9.28. The topological polar surface area (TPSA) is 12.0 Å². The first kappa shape index (κ1) is 12.3. The maximum Gasteiger partial charge on any atom is 0.0379 e. The number of hydrogen-bond acceptors (Lipinski definition) is 1. The van der Waals surface area contributed by atoms with Crippen molar-refractivity contribution in [3.63, 3.8) is 0 Å². The smallest absolute Gasteiger partial charge is 0.0379 e. The lowest BCUT2D eigenvalue weighted by atomic mass is 9.92. The summed E-state index contributed by atoms with van der Waals surface area (Å²) in [6.07, 6.45) is 1.16. The van der Waals surface area contributed by atoms with Gasteiger partial charge in [-0.05, 0) is 39.7 Å². The van der Waals surface area contributed by atoms with Crippen molar-refractivity contribution >= 4 is 0 Å². The van der Waals surface area contributed by atoms with E-state index < -0.39 is 0 Å². The van der Waals surface area contributed by atoms with E-state index in [4.69, 9.17) is 0 Å². The Morgan fingerprint density at radius 2 is 2.00 bits per heavy atom. The highest BCUT2D eigenvalue weighted by molar-refractivity contribution is 5.27. The van der Waals surface area contributed by atoms with E-state index >= 15 is 0 Å². The molecular weight excluding hydrogens is 182 g/mol. The molecule has 1 aromatic carbocycles. The largest absolute Gasteiger partial charge is 0.305 e. The SMILES string of the molecule is CCC(C)NC(C)(C)c1cccc(C)c1. The number of benzene rings is 1. The summed E-state index contributed by atoms with van der Waals surface area (Å²) in [7, 11) is 0. The Balaban J connectivity index is 2.85. The fraction of sp³-hybridized carbons (Fsp3) is 0.571. The molecule has 1 aromatic rings. The summed E-state index contributed by atoms with van der Waals surface area (Å²) < 4.78 is 0. The lowest BCUT2D eigenvalue weighted by Crippen LogP contribution is -2.42. The second kappa shape index (κ2) is 4.80. The molecule has 0 heterocycles. The van der Waals surface area contributed by atoms with Crippen LogP contribution in [0.1, 0.15) is 45.2 Å². The van der Waals surface area contributed by atoms with Gasteiger partial charge in [-0.1, -0.05) is 36.8 Å². The lowest BCUT2D eigenvalue weighted by molar-refractivity contribution is 0.347. The molecule has 0 fully saturated rings. The average molecular weight is 205 g/mol. The Morgan fingerprint density at radius 1 is 1.33 bits per heavy atom. The first-order valence-corrected chi connectivity index (χ1v) is 5.80. The summed E-state index contributed by atoms with van der Waals surface area (Å²) in [5.74, 6) is 0. The molecule has 84 valence electrons. The van der Waals surface area contributed by atoms with E-state index in [-0.39, 0.29) is 5.54 Å². The van der Waals surface area contributed by atoms with Crippen LogP contribution in [0, 0.1) is 6.92 Å². The molecular formula is C14H23N. The van der Waals surface area contributed by atoms with Crippen molar-refractivity contribution in [1.82, 2.24) is 5.32 Å². The van der Waals surface area contributed by atoms with Gasteiger partial charge in [-0.2, -0.15) is 0 Å². The molecule has 0 radical (unpaired) electrons. The maximum absolute atomic E-state index is 3.65. The van der Waals surface area contributed by atoms with Gasteiger partial charge < -0.3 is 5.32 Å². The van der Waals surface area contributed by atoms with E-state index in [9.17, 15) is 0 Å². The van der Waals surface area contributed by atoms with Crippen LogP contribution in [0.5, 0.6) is 0 Å². The van der Waals surface area contributed by atoms with Gasteiger partial charge in [0.2, 0.25) is 0 Å². The van der Waals surface area contributed by atoms with Gasteiger partial charge >= 0.3 is 0 Å². The third-order valence-electron chi connectivity index (χ3n) is 2.96. The van der Waals surface area contributed by atoms with Crippen LogP contribution in [0.15, 0.2) is 24.3 Å². The third kappa shape index (κ3) is 3.35. The number of hydrogen-bond donors (Lipinski definition) is 1. The van der Waals surface area contributed by atoms with E-state index in [1.807, 2.05) is 0 Å². The van der Waals surface area contributed by atoms with Crippen LogP contribution in [0.2, 0.25) is 0 Å². The fourth-order valence-electron chi connectivity index (χ4n) is 1.84. The van der Waals surface area contributed by atoms with Crippen LogP contribution >= 0.6 is 0 Å². The van der Waals surface area contributed by atoms with Crippen molar-refractivity contribution in [2.75, 3.05) is 0 Å². The van der Waals surface area contributed by atoms with E-state index in [1.165, 1.54) is 11.1 Å². The van der Waals surface area contributed by atoms with Gasteiger partial charge in [-0.25, -0.2) is 0 Å². The van der Waals surface area contributed by atoms with Crippen molar-refractivity contribution in [2.45, 2.75) is 52.6 Å². The van der Waals surface area contributed by atoms with Crippen LogP contribution in [0.4, 0.5) is 0 Å². The minimum atomic E-state index is 0.0570. The Kier molecular flexibility index (Phi) is 3.92. The molecule has 0 amide bonds. The minimum absolute atomic E-state index is 0.0570. The molecule has 1 unspecified atom stereocenters. The number of aryl methyl sites for hydroxylation is 1. The molecule has 15 heavy (non-hydrogen) atoms. The highest BCUT2D eigenvalue weighted by Gasteiger charge is 2.21. The molecule has 1 atom stereocenters. The van der Waals surface area contributed by atoms with E-state index in [2.05, 4.69) is 64.2 Å². The summed E-state index contributed by atoms with van der Waals surface area (Å²) in [4.78, 5) is 0. The predicted molar refractivity (Wildman–Crippen MR) is 67.1 cm³/mol. The van der Waals surface area contributed by atoms with Gasteiger partial charge in [0.15, 0.2) is 0 Å². The van der Waals surface area contributed by atoms with Gasteiger partial charge in [0.1, 0.15) is 0 Å². The van der Waals surface area contributed by atoms with Crippen LogP contribution in [0.3, 0.4) is 0 Å². The summed E-state index contributed by atoms with van der Waals surface area (Å²) in [5.41, 5.74) is 2.75. The normalized spacial score (nSPS) is 13.9. The Hall–Kier alpha value is -0.820. The zero-order valence-corrected chi connectivity index (χ0v) is 10.6. The quantitative estimate of drug-likeness (QED) is 0.791. The standard InChI is InChI=1S/C14H23N/c1-6-12(3)15-14(4,5)13-9-7-8-11(2)10-13/h7-10,12,15H,6H2,1-5H3. The zero-order chi connectivity index (χ0) is 11.5. The average Bonchev–Trinajstić information content (AvgIpc) is 2.17. The van der Waals surface area contributed by atoms with Crippen LogP contribution in [-0.4, -0.2) is 6.04 Å². The van der Waals surface area contributed by atoms with Gasteiger partial charge in [-0.3, -0.25) is 0 Å². The van der Waals surface area contributed by atoms with Crippen molar-refractivity contribution in [1.29, 1.82) is 0 Å². The molecule has 0 aliphatic carbocycles. The van der Waals surface area contributed by atoms with Gasteiger partial charge in [0, 0.05) is 11.6 Å². The van der Waals surface area contributed by atoms with Crippen molar-refractivity contribution < 1.29 is 0 Å². The zero-order valence-electron chi connectivity index (χ0n) is 10.6. The monoisotopic (exact) mass is 205 g/mol. The summed E-state index contributed by atoms with van der Waals surface area (Å²) in [6.45, 7) is 11.1. The Morgan fingerprint density at radius 3 is 2.53 bits per heavy atom. The molecule has 0 saturated carbocycles. The molecule has 0 saturated heterocycles. The molecule has 1 nitrogen and oxygen atoms in total. The molecule has 0 aromatic heterocycles. The fourth-order valence-corrected chi connectivity index (χ4v) is 1.84. The van der Waals surface area contributed by atoms with E-state index in [0.29, 0.717) is 6.04 Å². The number of rotatable bonds is 4. The van der Waals surface area contributed by atoms with E-state index in [1.54, 1.807) is 0 Å². The molecule has 0 aliphatic rings. The van der Waals surface area contributed by atoms with Crippen molar-refractivity contribution in [3.05, 3.63) is 35.4 Å². The molecule has 0 aliphatic heterocycles. The highest BCUT2D eigenvalue weighted by Crippen LogP contribution is 2.21. The molecule has 0 bridgehead atoms. The first-order valence-electron chi connectivity index (χ1n) is 5.80. The Labute approximate surface area is 93.9 Å². The van der Waals surface area contributed by atoms with Crippen LogP contribution < -0.4 is 5.32 Å². The molecule has 0 spiro atoms. The molecule has 1 rings (SSSR count). The van der Waals surface area contributed by atoms with E-state index in [0.717, 1.165) is 6.42 Å². The Bertz CT molecular complexity index is 315. The van der Waals surface area contributed by atoms with Crippen LogP contribution in [0.25, 0.3) is 0 Å². The summed E-state index contributed by atoms with van der Waals surface area (Å²) in [5, 5.41) is 3.65. The van der Waals surface area contributed by atoms with Crippen molar-refractivity contribution in [3.8, 4) is 0 Å². The second-order valence-corrected chi connectivity index (χ2v) is 4.95. The maximum atomic E-state index is 3.65. The van der Waals surface area contributed by atoms with Crippen LogP contribution in [-0.2, 0) is 5.54 Å². The molecule has 1 heteroatoms. The first-order chi connectivity index (χ1) is 6.95. The summed E-state index contributed by atoms with van der Waals surface area (Å²) >= 11 is 0. The highest BCUT2D eigenvalue weighted by atomic mass is 15.0.